The Morgan fingerprint density at radius 2 is 1.95 bits per heavy atom. The lowest BCUT2D eigenvalue weighted by Gasteiger charge is -2.29. The van der Waals surface area contributed by atoms with Gasteiger partial charge in [0.1, 0.15) is 10.7 Å². The third-order valence-corrected chi connectivity index (χ3v) is 7.50. The molecule has 196 valence electrons. The van der Waals surface area contributed by atoms with Crippen molar-refractivity contribution in [2.45, 2.75) is 38.3 Å². The lowest BCUT2D eigenvalue weighted by atomic mass is 10.1. The third kappa shape index (κ3) is 6.12. The Morgan fingerprint density at radius 1 is 1.22 bits per heavy atom. The number of anilines is 3. The van der Waals surface area contributed by atoms with Crippen LogP contribution in [-0.4, -0.2) is 58.6 Å². The summed E-state index contributed by atoms with van der Waals surface area (Å²) in [4.78, 5) is 38.8. The Kier molecular flexibility index (Phi) is 7.56. The summed E-state index contributed by atoms with van der Waals surface area (Å²) in [5.41, 5.74) is 2.59. The number of hydrogen-bond donors (Lipinski definition) is 4. The number of fused-ring (bicyclic) bond motifs is 1. The Hall–Kier alpha value is -3.82. The number of amides is 1. The van der Waals surface area contributed by atoms with Gasteiger partial charge < -0.3 is 20.1 Å². The van der Waals surface area contributed by atoms with Crippen LogP contribution < -0.4 is 15.8 Å². The fraction of sp³-hybridized carbons (Fsp3) is 0.318. The van der Waals surface area contributed by atoms with Crippen LogP contribution in [0.15, 0.2) is 29.2 Å². The number of carboxylic acid groups (broad SMARTS) is 1. The van der Waals surface area contributed by atoms with Crippen LogP contribution in [0, 0.1) is 6.92 Å². The van der Waals surface area contributed by atoms with E-state index in [1.807, 2.05) is 0 Å². The van der Waals surface area contributed by atoms with Crippen LogP contribution in [0.1, 0.15) is 39.1 Å². The lowest BCUT2D eigenvalue weighted by molar-refractivity contribution is 0.0701. The van der Waals surface area contributed by atoms with E-state index in [4.69, 9.17) is 9.88 Å². The summed E-state index contributed by atoms with van der Waals surface area (Å²) in [5, 5.41) is 21.0. The van der Waals surface area contributed by atoms with Gasteiger partial charge in [0.2, 0.25) is 16.0 Å². The van der Waals surface area contributed by atoms with Crippen LogP contribution in [0.5, 0.6) is 0 Å². The highest BCUT2D eigenvalue weighted by Crippen LogP contribution is 2.29. The van der Waals surface area contributed by atoms with Crippen molar-refractivity contribution >= 4 is 50.3 Å². The minimum Gasteiger partial charge on any atom is -0.477 e. The molecular formula is C22H25N7O6S2. The molecule has 3 aromatic rings. The van der Waals surface area contributed by atoms with Gasteiger partial charge in [0, 0.05) is 25.1 Å². The lowest BCUT2D eigenvalue weighted by Crippen LogP contribution is -2.37. The van der Waals surface area contributed by atoms with Gasteiger partial charge >= 0.3 is 12.1 Å². The second-order valence-electron chi connectivity index (χ2n) is 8.10. The average molecular weight is 548 g/mol. The number of sulfonamides is 1. The predicted octanol–water partition coefficient (Wildman–Crippen LogP) is 2.46. The number of nitrogens with zero attached hydrogens (tertiary/aromatic N) is 4. The van der Waals surface area contributed by atoms with Crippen LogP contribution in [0.3, 0.4) is 0 Å². The van der Waals surface area contributed by atoms with Gasteiger partial charge in [-0.1, -0.05) is 23.5 Å². The number of benzene rings is 1. The molecule has 0 unspecified atom stereocenters. The molecule has 0 bridgehead atoms. The fourth-order valence-corrected chi connectivity index (χ4v) is 5.03. The topological polar surface area (TPSA) is 190 Å². The van der Waals surface area contributed by atoms with Crippen LogP contribution in [-0.2, 0) is 34.3 Å². The van der Waals surface area contributed by atoms with Gasteiger partial charge in [-0.15, -0.1) is 0 Å². The first-order chi connectivity index (χ1) is 17.5. The molecule has 1 aliphatic rings. The molecule has 5 N–H and O–H groups in total. The van der Waals surface area contributed by atoms with Crippen LogP contribution in [0.2, 0.25) is 0 Å². The second kappa shape index (κ2) is 10.7. The van der Waals surface area contributed by atoms with Gasteiger partial charge in [-0.3, -0.25) is 5.32 Å². The molecule has 0 atom stereocenters. The number of nitrogens with one attached hydrogen (secondary N) is 2. The number of carboxylic acids is 1. The number of aromatic nitrogens is 3. The Morgan fingerprint density at radius 3 is 2.57 bits per heavy atom. The highest BCUT2D eigenvalue weighted by molar-refractivity contribution is 7.89. The largest absolute Gasteiger partial charge is 0.477 e. The molecule has 15 heteroatoms. The first kappa shape index (κ1) is 26.2. The van der Waals surface area contributed by atoms with Crippen LogP contribution >= 0.6 is 11.3 Å². The zero-order valence-corrected chi connectivity index (χ0v) is 21.6. The van der Waals surface area contributed by atoms with Crippen molar-refractivity contribution < 1.29 is 27.9 Å². The number of nitrogens with two attached hydrogens (primary N) is 1. The van der Waals surface area contributed by atoms with E-state index in [1.165, 1.54) is 12.1 Å². The Bertz CT molecular complexity index is 1440. The summed E-state index contributed by atoms with van der Waals surface area (Å²) in [6, 6.07) is 6.11. The van der Waals surface area contributed by atoms with Crippen molar-refractivity contribution in [2.24, 2.45) is 5.14 Å². The van der Waals surface area contributed by atoms with Crippen LogP contribution in [0.25, 0.3) is 0 Å². The first-order valence-corrected chi connectivity index (χ1v) is 13.6. The number of rotatable bonds is 8. The number of carbonyl (C=O) groups is 2. The maximum absolute atomic E-state index is 12.3. The van der Waals surface area contributed by atoms with E-state index in [-0.39, 0.29) is 28.9 Å². The van der Waals surface area contributed by atoms with Crippen molar-refractivity contribution in [3.05, 3.63) is 51.7 Å². The van der Waals surface area contributed by atoms with Gasteiger partial charge in [0.05, 0.1) is 29.4 Å². The van der Waals surface area contributed by atoms with Gasteiger partial charge in [-0.25, -0.2) is 33.1 Å². The summed E-state index contributed by atoms with van der Waals surface area (Å²) in [6.07, 6.45) is 0.0275. The van der Waals surface area contributed by atoms with E-state index in [0.29, 0.717) is 41.7 Å². The maximum Gasteiger partial charge on any atom is 0.410 e. The molecular weight excluding hydrogens is 522 g/mol. The van der Waals surface area contributed by atoms with E-state index in [0.717, 1.165) is 22.6 Å². The third-order valence-electron chi connectivity index (χ3n) is 5.51. The maximum atomic E-state index is 12.3. The molecule has 0 radical (unpaired) electrons. The smallest absolute Gasteiger partial charge is 0.410 e. The van der Waals surface area contributed by atoms with E-state index < -0.39 is 22.1 Å². The van der Waals surface area contributed by atoms with Crippen molar-refractivity contribution in [3.63, 3.8) is 0 Å². The monoisotopic (exact) mass is 547 g/mol. The fourth-order valence-electron chi connectivity index (χ4n) is 3.71. The van der Waals surface area contributed by atoms with Gasteiger partial charge in [-0.05, 0) is 31.5 Å². The minimum absolute atomic E-state index is 0.00621. The second-order valence-corrected chi connectivity index (χ2v) is 10.7. The number of primary sulfonamides is 1. The summed E-state index contributed by atoms with van der Waals surface area (Å²) in [5.74, 6) is -0.380. The highest BCUT2D eigenvalue weighted by atomic mass is 32.2. The molecule has 0 saturated heterocycles. The normalized spacial score (nSPS) is 13.1. The molecule has 1 aliphatic heterocycles. The molecule has 0 aliphatic carbocycles. The molecule has 37 heavy (non-hydrogen) atoms. The SMILES string of the molecule is CCOC(=O)N1CCc2nc(Nc3nc(C)c(C(=O)O)s3)nc(NCc3ccc(S(N)(=O)=O)cc3)c2C1. The molecule has 0 spiro atoms. The van der Waals surface area contributed by atoms with Gasteiger partial charge in [-0.2, -0.15) is 4.98 Å². The van der Waals surface area contributed by atoms with Crippen LogP contribution in [0.4, 0.5) is 21.7 Å². The molecule has 3 heterocycles. The first-order valence-electron chi connectivity index (χ1n) is 11.2. The molecule has 2 aromatic heterocycles. The average Bonchev–Trinajstić information content (AvgIpc) is 3.22. The van der Waals surface area contributed by atoms with E-state index >= 15 is 0 Å². The molecule has 13 nitrogen and oxygen atoms in total. The Labute approximate surface area is 216 Å². The summed E-state index contributed by atoms with van der Waals surface area (Å²) in [7, 11) is -3.80. The summed E-state index contributed by atoms with van der Waals surface area (Å²) >= 11 is 0.978. The number of thiazole rings is 1. The standard InChI is InChI=1S/C22H25N7O6S2/c1-3-35-22(32)29-9-8-16-15(11-29)18(24-10-13-4-6-14(7-5-13)37(23,33)34)27-20(26-16)28-21-25-12(2)17(36-21)19(30)31/h4-7H,3,8-11H2,1-2H3,(H,30,31)(H2,23,33,34)(H2,24,25,26,27,28). The molecule has 0 saturated carbocycles. The highest BCUT2D eigenvalue weighted by Gasteiger charge is 2.27. The zero-order chi connectivity index (χ0) is 26.7. The van der Waals surface area contributed by atoms with Gasteiger partial charge in [0.25, 0.3) is 0 Å². The number of carbonyl (C=O) groups excluding carboxylic acids is 1. The molecule has 1 aromatic carbocycles. The van der Waals surface area contributed by atoms with Crippen molar-refractivity contribution in [3.8, 4) is 0 Å². The summed E-state index contributed by atoms with van der Waals surface area (Å²) in [6.45, 7) is 4.55. The van der Waals surface area contributed by atoms with Crippen molar-refractivity contribution in [1.29, 1.82) is 0 Å². The van der Waals surface area contributed by atoms with Gasteiger partial charge in [0.15, 0.2) is 5.13 Å². The minimum atomic E-state index is -3.80. The molecule has 0 fully saturated rings. The van der Waals surface area contributed by atoms with E-state index in [9.17, 15) is 23.1 Å². The quantitative estimate of drug-likeness (QED) is 0.324. The molecule has 1 amide bonds. The number of aryl methyl sites for hydroxylation is 1. The van der Waals surface area contributed by atoms with E-state index in [1.54, 1.807) is 30.9 Å². The Balaban J connectivity index is 1.62. The zero-order valence-electron chi connectivity index (χ0n) is 20.0. The van der Waals surface area contributed by atoms with E-state index in [2.05, 4.69) is 25.6 Å². The predicted molar refractivity (Wildman–Crippen MR) is 135 cm³/mol. The van der Waals surface area contributed by atoms with Crippen molar-refractivity contribution in [2.75, 3.05) is 23.8 Å². The number of ether oxygens (including phenoxy) is 1. The number of hydrogen-bond acceptors (Lipinski definition) is 11. The van der Waals surface area contributed by atoms with Crippen molar-refractivity contribution in [1.82, 2.24) is 19.9 Å². The summed E-state index contributed by atoms with van der Waals surface area (Å²) < 4.78 is 28.2. The molecule has 4 rings (SSSR count). The number of aromatic carboxylic acids is 1.